The van der Waals surface area contributed by atoms with Crippen LogP contribution in [0, 0.1) is 0 Å². The molecule has 1 atom stereocenters. The van der Waals surface area contributed by atoms with Gasteiger partial charge in [-0.2, -0.15) is 9.67 Å². The van der Waals surface area contributed by atoms with Gasteiger partial charge in [-0.3, -0.25) is 0 Å². The van der Waals surface area contributed by atoms with Crippen LogP contribution < -0.4 is 16.0 Å². The van der Waals surface area contributed by atoms with E-state index >= 15 is 0 Å². The number of carbonyl (C=O) groups excluding carboxylic acids is 1. The molecule has 1 aliphatic heterocycles. The lowest BCUT2D eigenvalue weighted by Crippen LogP contribution is -2.44. The molecule has 0 bridgehead atoms. The number of benzene rings is 1. The molecule has 162 valence electrons. The molecule has 0 saturated carbocycles. The van der Waals surface area contributed by atoms with Crippen LogP contribution in [0.5, 0.6) is 0 Å². The van der Waals surface area contributed by atoms with Crippen LogP contribution in [0.4, 0.5) is 17.6 Å². The van der Waals surface area contributed by atoms with E-state index in [-0.39, 0.29) is 12.0 Å². The van der Waals surface area contributed by atoms with Crippen LogP contribution in [-0.4, -0.2) is 83.9 Å². The van der Waals surface area contributed by atoms with Gasteiger partial charge in [0, 0.05) is 51.7 Å². The fraction of sp³-hybridized carbons (Fsp3) is 0.364. The molecule has 1 aromatic carbocycles. The number of nitrogens with zero attached hydrogens (tertiary/aromatic N) is 6. The summed E-state index contributed by atoms with van der Waals surface area (Å²) < 4.78 is 1.64. The zero-order valence-electron chi connectivity index (χ0n) is 18.1. The predicted octanol–water partition coefficient (Wildman–Crippen LogP) is 1.16. The minimum Gasteiger partial charge on any atom is -0.378 e. The molecule has 1 unspecified atom stereocenters. The van der Waals surface area contributed by atoms with E-state index in [0.717, 1.165) is 43.3 Å². The fourth-order valence-corrected chi connectivity index (χ4v) is 3.71. The van der Waals surface area contributed by atoms with E-state index in [4.69, 9.17) is 5.73 Å². The first-order valence-corrected chi connectivity index (χ1v) is 10.3. The molecule has 0 radical (unpaired) electrons. The smallest absolute Gasteiger partial charge is 0.241 e. The van der Waals surface area contributed by atoms with Crippen molar-refractivity contribution in [2.24, 2.45) is 0 Å². The SMILES string of the molecule is CN1CCN(C2=CC(=C=O)C(Nc3nc(N)nn3-c3ccc(N(C)C)cc3)C=C2)CC1. The molecule has 4 rings (SSSR count). The summed E-state index contributed by atoms with van der Waals surface area (Å²) in [5.41, 5.74) is 9.33. The van der Waals surface area contributed by atoms with Gasteiger partial charge in [-0.1, -0.05) is 6.08 Å². The highest BCUT2D eigenvalue weighted by Crippen LogP contribution is 2.24. The third-order valence-corrected chi connectivity index (χ3v) is 5.60. The van der Waals surface area contributed by atoms with Gasteiger partial charge < -0.3 is 25.8 Å². The van der Waals surface area contributed by atoms with Gasteiger partial charge in [0.15, 0.2) is 0 Å². The summed E-state index contributed by atoms with van der Waals surface area (Å²) in [6.45, 7) is 3.87. The number of hydrogen-bond acceptors (Lipinski definition) is 8. The van der Waals surface area contributed by atoms with Crippen molar-refractivity contribution in [3.05, 3.63) is 53.8 Å². The second kappa shape index (κ2) is 8.67. The van der Waals surface area contributed by atoms with Crippen molar-refractivity contribution >= 4 is 23.5 Å². The Morgan fingerprint density at radius 2 is 1.87 bits per heavy atom. The Kier molecular flexibility index (Phi) is 5.79. The average Bonchev–Trinajstić information content (AvgIpc) is 3.14. The van der Waals surface area contributed by atoms with Crippen molar-refractivity contribution in [2.45, 2.75) is 6.04 Å². The third kappa shape index (κ3) is 4.47. The average molecular weight is 421 g/mol. The molecule has 2 aliphatic rings. The van der Waals surface area contributed by atoms with Crippen molar-refractivity contribution < 1.29 is 4.79 Å². The zero-order chi connectivity index (χ0) is 22.0. The summed E-state index contributed by atoms with van der Waals surface area (Å²) in [4.78, 5) is 22.7. The van der Waals surface area contributed by atoms with Crippen LogP contribution in [0.1, 0.15) is 0 Å². The van der Waals surface area contributed by atoms with Gasteiger partial charge >= 0.3 is 0 Å². The van der Waals surface area contributed by atoms with Crippen LogP contribution in [0.3, 0.4) is 0 Å². The third-order valence-electron chi connectivity index (χ3n) is 5.60. The second-order valence-corrected chi connectivity index (χ2v) is 8.01. The highest BCUT2D eigenvalue weighted by atomic mass is 16.1. The van der Waals surface area contributed by atoms with Crippen molar-refractivity contribution in [1.29, 1.82) is 0 Å². The Morgan fingerprint density at radius 3 is 2.52 bits per heavy atom. The Hall–Kier alpha value is -3.55. The molecule has 0 spiro atoms. The number of nitrogens with one attached hydrogen (secondary N) is 1. The minimum absolute atomic E-state index is 0.157. The van der Waals surface area contributed by atoms with Gasteiger partial charge in [-0.15, -0.1) is 5.10 Å². The van der Waals surface area contributed by atoms with E-state index in [1.54, 1.807) is 4.68 Å². The van der Waals surface area contributed by atoms with Gasteiger partial charge in [0.1, 0.15) is 5.94 Å². The molecule has 2 heterocycles. The minimum atomic E-state index is -0.364. The van der Waals surface area contributed by atoms with Gasteiger partial charge in [0.2, 0.25) is 11.9 Å². The Balaban J connectivity index is 1.54. The van der Waals surface area contributed by atoms with Crippen LogP contribution in [0.2, 0.25) is 0 Å². The highest BCUT2D eigenvalue weighted by molar-refractivity contribution is 5.66. The molecule has 1 fully saturated rings. The van der Waals surface area contributed by atoms with Crippen molar-refractivity contribution in [3.63, 3.8) is 0 Å². The summed E-state index contributed by atoms with van der Waals surface area (Å²) in [5, 5.41) is 7.59. The van der Waals surface area contributed by atoms with Gasteiger partial charge in [-0.05, 0) is 43.5 Å². The molecular weight excluding hydrogens is 392 g/mol. The molecule has 3 N–H and O–H groups in total. The summed E-state index contributed by atoms with van der Waals surface area (Å²) in [7, 11) is 6.10. The lowest BCUT2D eigenvalue weighted by molar-refractivity contribution is 0.190. The first-order chi connectivity index (χ1) is 14.9. The number of piperazine rings is 1. The molecule has 31 heavy (non-hydrogen) atoms. The van der Waals surface area contributed by atoms with E-state index in [1.165, 1.54) is 0 Å². The van der Waals surface area contributed by atoms with Gasteiger partial charge in [0.05, 0.1) is 17.3 Å². The van der Waals surface area contributed by atoms with Gasteiger partial charge in [0.25, 0.3) is 0 Å². The topological polar surface area (TPSA) is 95.5 Å². The van der Waals surface area contributed by atoms with Crippen molar-refractivity contribution in [3.8, 4) is 5.69 Å². The quantitative estimate of drug-likeness (QED) is 0.696. The standard InChI is InChI=1S/C22H28N8O/c1-27(2)17-4-6-18(7-5-17)30-22(25-21(23)26-30)24-20-9-8-19(14-16(20)15-31)29-12-10-28(3)11-13-29/h4-9,14,20H,10-13H2,1-3H3,(H3,23,24,25,26). The molecule has 1 aliphatic carbocycles. The van der Waals surface area contributed by atoms with Crippen LogP contribution in [0.25, 0.3) is 5.69 Å². The summed E-state index contributed by atoms with van der Waals surface area (Å²) >= 11 is 0. The number of likely N-dealkylation sites (N-methyl/N-ethyl adjacent to an activating group) is 1. The Labute approximate surface area is 182 Å². The van der Waals surface area contributed by atoms with E-state index in [9.17, 15) is 4.79 Å². The highest BCUT2D eigenvalue weighted by Gasteiger charge is 2.23. The lowest BCUT2D eigenvalue weighted by Gasteiger charge is -2.35. The number of nitrogen functional groups attached to an aromatic ring is 1. The van der Waals surface area contributed by atoms with Crippen LogP contribution in [-0.2, 0) is 4.79 Å². The molecule has 1 saturated heterocycles. The monoisotopic (exact) mass is 420 g/mol. The first kappa shape index (κ1) is 20.7. The predicted molar refractivity (Wildman–Crippen MR) is 123 cm³/mol. The molecule has 9 heteroatoms. The van der Waals surface area contributed by atoms with Crippen LogP contribution >= 0.6 is 0 Å². The van der Waals surface area contributed by atoms with E-state index in [2.05, 4.69) is 38.2 Å². The number of rotatable bonds is 5. The van der Waals surface area contributed by atoms with E-state index < -0.39 is 0 Å². The van der Waals surface area contributed by atoms with E-state index in [1.807, 2.05) is 61.5 Å². The molecular formula is C22H28N8O. The van der Waals surface area contributed by atoms with Crippen molar-refractivity contribution in [2.75, 3.05) is 63.3 Å². The molecule has 9 nitrogen and oxygen atoms in total. The number of hydrogen-bond donors (Lipinski definition) is 2. The fourth-order valence-electron chi connectivity index (χ4n) is 3.71. The van der Waals surface area contributed by atoms with Gasteiger partial charge in [-0.25, -0.2) is 4.79 Å². The second-order valence-electron chi connectivity index (χ2n) is 8.01. The Bertz CT molecular complexity index is 1040. The number of nitrogens with two attached hydrogens (primary N) is 1. The molecule has 1 aromatic heterocycles. The maximum atomic E-state index is 11.7. The summed E-state index contributed by atoms with van der Waals surface area (Å²) in [6, 6.07) is 7.54. The van der Waals surface area contributed by atoms with Crippen molar-refractivity contribution in [1.82, 2.24) is 24.6 Å². The first-order valence-electron chi connectivity index (χ1n) is 10.3. The normalized spacial score (nSPS) is 19.2. The number of anilines is 3. The molecule has 0 amide bonds. The maximum absolute atomic E-state index is 11.7. The van der Waals surface area contributed by atoms with Crippen LogP contribution in [0.15, 0.2) is 53.8 Å². The maximum Gasteiger partial charge on any atom is 0.241 e. The lowest BCUT2D eigenvalue weighted by atomic mass is 10.0. The largest absolute Gasteiger partial charge is 0.378 e. The number of allylic oxidation sites excluding steroid dienone is 1. The molecule has 2 aromatic rings. The summed E-state index contributed by atoms with van der Waals surface area (Å²) in [5.74, 6) is 2.71. The Morgan fingerprint density at radius 1 is 1.16 bits per heavy atom. The summed E-state index contributed by atoms with van der Waals surface area (Å²) in [6.07, 6.45) is 5.89. The number of aromatic nitrogens is 3. The zero-order valence-corrected chi connectivity index (χ0v) is 18.1. The van der Waals surface area contributed by atoms with E-state index in [0.29, 0.717) is 11.5 Å².